The maximum absolute atomic E-state index is 10.8. The van der Waals surface area contributed by atoms with Crippen LogP contribution in [0.3, 0.4) is 0 Å². The molecular weight excluding hydrogens is 292 g/mol. The van der Waals surface area contributed by atoms with Crippen molar-refractivity contribution in [3.05, 3.63) is 36.2 Å². The molecule has 0 aliphatic heterocycles. The van der Waals surface area contributed by atoms with Crippen LogP contribution in [0, 0.1) is 0 Å². The number of aliphatic hydroxyl groups is 1. The molecule has 0 spiro atoms. The number of carbonyl (C=O) groups excluding carboxylic acids is 1. The zero-order chi connectivity index (χ0) is 16.4. The predicted molar refractivity (Wildman–Crippen MR) is 74.4 cm³/mol. The van der Waals surface area contributed by atoms with Crippen molar-refractivity contribution >= 4 is 5.97 Å². The number of nitrogens with zero attached hydrogens (tertiary/aromatic N) is 4. The molecule has 0 fully saturated rings. The van der Waals surface area contributed by atoms with Crippen LogP contribution < -0.4 is 9.47 Å². The summed E-state index contributed by atoms with van der Waals surface area (Å²) < 4.78 is 13.9. The Morgan fingerprint density at radius 2 is 1.55 bits per heavy atom. The van der Waals surface area contributed by atoms with Crippen LogP contribution in [0.2, 0.25) is 0 Å². The first-order valence-corrected chi connectivity index (χ1v) is 6.04. The Hall–Kier alpha value is -2.81. The van der Waals surface area contributed by atoms with Gasteiger partial charge in [-0.15, -0.1) is 0 Å². The first-order valence-electron chi connectivity index (χ1n) is 6.04. The molecule has 0 aromatic carbocycles. The van der Waals surface area contributed by atoms with E-state index < -0.39 is 5.97 Å². The van der Waals surface area contributed by atoms with Crippen LogP contribution in [0.4, 0.5) is 0 Å². The van der Waals surface area contributed by atoms with Crippen LogP contribution in [0.1, 0.15) is 16.2 Å². The Morgan fingerprint density at radius 3 is 1.91 bits per heavy atom. The van der Waals surface area contributed by atoms with Crippen molar-refractivity contribution in [2.75, 3.05) is 21.3 Å². The van der Waals surface area contributed by atoms with E-state index in [1.807, 2.05) is 0 Å². The molecular formula is C13H16N4O5. The van der Waals surface area contributed by atoms with Crippen LogP contribution in [0.25, 0.3) is 0 Å². The number of aromatic nitrogens is 4. The summed E-state index contributed by atoms with van der Waals surface area (Å²) in [5, 5.41) is 8.56. The van der Waals surface area contributed by atoms with E-state index in [9.17, 15) is 4.79 Å². The highest BCUT2D eigenvalue weighted by Crippen LogP contribution is 2.03. The van der Waals surface area contributed by atoms with E-state index in [1.165, 1.54) is 46.1 Å². The molecule has 0 aliphatic carbocycles. The SMILES string of the molecule is COC(=O)c1cnc(OC)cn1.COc1cnc(CO)cn1. The maximum Gasteiger partial charge on any atom is 0.358 e. The minimum Gasteiger partial charge on any atom is -0.480 e. The Morgan fingerprint density at radius 1 is 0.955 bits per heavy atom. The lowest BCUT2D eigenvalue weighted by Gasteiger charge is -1.98. The summed E-state index contributed by atoms with van der Waals surface area (Å²) in [6.45, 7) is -0.0863. The van der Waals surface area contributed by atoms with Gasteiger partial charge in [0.15, 0.2) is 5.69 Å². The topological polar surface area (TPSA) is 117 Å². The van der Waals surface area contributed by atoms with Crippen molar-refractivity contribution in [1.29, 1.82) is 0 Å². The van der Waals surface area contributed by atoms with E-state index in [-0.39, 0.29) is 12.3 Å². The summed E-state index contributed by atoms with van der Waals surface area (Å²) in [6.07, 6.45) is 5.58. The second kappa shape index (κ2) is 9.19. The number of aliphatic hydroxyl groups excluding tert-OH is 1. The summed E-state index contributed by atoms with van der Waals surface area (Å²) >= 11 is 0. The largest absolute Gasteiger partial charge is 0.480 e. The van der Waals surface area contributed by atoms with Gasteiger partial charge in [-0.3, -0.25) is 4.98 Å². The Kier molecular flexibility index (Phi) is 7.20. The van der Waals surface area contributed by atoms with Crippen LogP contribution in [-0.2, 0) is 11.3 Å². The molecule has 22 heavy (non-hydrogen) atoms. The number of methoxy groups -OCH3 is 3. The molecule has 0 amide bonds. The highest BCUT2D eigenvalue weighted by atomic mass is 16.5. The predicted octanol–water partition coefficient (Wildman–Crippen LogP) is 0.249. The van der Waals surface area contributed by atoms with Gasteiger partial charge in [-0.05, 0) is 0 Å². The Bertz CT molecular complexity index is 551. The molecule has 0 unspecified atom stereocenters. The van der Waals surface area contributed by atoms with Crippen LogP contribution >= 0.6 is 0 Å². The molecule has 0 bridgehead atoms. The second-order valence-electron chi connectivity index (χ2n) is 3.64. The minimum absolute atomic E-state index is 0.0863. The van der Waals surface area contributed by atoms with Gasteiger partial charge in [0.2, 0.25) is 11.8 Å². The van der Waals surface area contributed by atoms with Crippen molar-refractivity contribution in [3.63, 3.8) is 0 Å². The van der Waals surface area contributed by atoms with Crippen LogP contribution in [0.5, 0.6) is 11.8 Å². The lowest BCUT2D eigenvalue weighted by molar-refractivity contribution is 0.0593. The van der Waals surface area contributed by atoms with Crippen molar-refractivity contribution in [1.82, 2.24) is 19.9 Å². The molecule has 118 valence electrons. The molecule has 2 rings (SSSR count). The first kappa shape index (κ1) is 17.2. The van der Waals surface area contributed by atoms with E-state index in [2.05, 4.69) is 24.7 Å². The van der Waals surface area contributed by atoms with Gasteiger partial charge in [-0.1, -0.05) is 0 Å². The maximum atomic E-state index is 10.8. The fraction of sp³-hybridized carbons (Fsp3) is 0.308. The summed E-state index contributed by atoms with van der Waals surface area (Å²) in [6, 6.07) is 0. The molecule has 0 radical (unpaired) electrons. The molecule has 0 saturated heterocycles. The fourth-order valence-corrected chi connectivity index (χ4v) is 1.16. The lowest BCUT2D eigenvalue weighted by Crippen LogP contribution is -2.04. The van der Waals surface area contributed by atoms with Gasteiger partial charge < -0.3 is 19.3 Å². The van der Waals surface area contributed by atoms with Crippen molar-refractivity contribution in [3.8, 4) is 11.8 Å². The summed E-state index contributed by atoms with van der Waals surface area (Å²) in [4.78, 5) is 26.0. The molecule has 2 aromatic rings. The average molecular weight is 308 g/mol. The number of hydrogen-bond acceptors (Lipinski definition) is 9. The van der Waals surface area contributed by atoms with Crippen molar-refractivity contribution in [2.45, 2.75) is 6.61 Å². The molecule has 9 nitrogen and oxygen atoms in total. The second-order valence-corrected chi connectivity index (χ2v) is 3.64. The third-order valence-electron chi connectivity index (χ3n) is 2.28. The van der Waals surface area contributed by atoms with E-state index in [0.29, 0.717) is 17.5 Å². The molecule has 9 heteroatoms. The molecule has 0 atom stereocenters. The fourth-order valence-electron chi connectivity index (χ4n) is 1.16. The van der Waals surface area contributed by atoms with Crippen LogP contribution in [0.15, 0.2) is 24.8 Å². The number of esters is 1. The molecule has 0 saturated carbocycles. The quantitative estimate of drug-likeness (QED) is 0.793. The molecule has 2 aromatic heterocycles. The van der Waals surface area contributed by atoms with E-state index >= 15 is 0 Å². The summed E-state index contributed by atoms with van der Waals surface area (Å²) in [5.74, 6) is 0.310. The first-order chi connectivity index (χ1) is 10.6. The Labute approximate surface area is 126 Å². The third kappa shape index (κ3) is 5.29. The third-order valence-corrected chi connectivity index (χ3v) is 2.28. The normalized spacial score (nSPS) is 9.27. The lowest BCUT2D eigenvalue weighted by atomic mass is 10.5. The zero-order valence-electron chi connectivity index (χ0n) is 12.4. The average Bonchev–Trinajstić information content (AvgIpc) is 2.61. The van der Waals surface area contributed by atoms with Crippen LogP contribution in [-0.4, -0.2) is 52.3 Å². The van der Waals surface area contributed by atoms with E-state index in [1.54, 1.807) is 0 Å². The molecule has 0 aliphatic rings. The van der Waals surface area contributed by atoms with Gasteiger partial charge in [0.05, 0.1) is 58.4 Å². The summed E-state index contributed by atoms with van der Waals surface area (Å²) in [5.41, 5.74) is 0.708. The Balaban J connectivity index is 0.000000224. The number of rotatable bonds is 4. The van der Waals surface area contributed by atoms with E-state index in [4.69, 9.17) is 14.6 Å². The van der Waals surface area contributed by atoms with Gasteiger partial charge in [0, 0.05) is 0 Å². The smallest absolute Gasteiger partial charge is 0.358 e. The van der Waals surface area contributed by atoms with Crippen molar-refractivity contribution < 1.29 is 24.1 Å². The number of hydrogen-bond donors (Lipinski definition) is 1. The number of ether oxygens (including phenoxy) is 3. The van der Waals surface area contributed by atoms with Gasteiger partial charge in [-0.2, -0.15) is 0 Å². The van der Waals surface area contributed by atoms with Gasteiger partial charge in [0.25, 0.3) is 0 Å². The highest BCUT2D eigenvalue weighted by Gasteiger charge is 2.06. The zero-order valence-corrected chi connectivity index (χ0v) is 12.4. The number of carbonyl (C=O) groups is 1. The van der Waals surface area contributed by atoms with E-state index in [0.717, 1.165) is 0 Å². The molecule has 1 N–H and O–H groups in total. The van der Waals surface area contributed by atoms with Crippen molar-refractivity contribution in [2.24, 2.45) is 0 Å². The summed E-state index contributed by atoms with van der Waals surface area (Å²) in [7, 11) is 4.28. The minimum atomic E-state index is -0.509. The monoisotopic (exact) mass is 308 g/mol. The molecule has 2 heterocycles. The standard InChI is InChI=1S/C7H8N2O3.C6H8N2O2/c1-11-6-4-8-5(3-9-6)7(10)12-2;1-10-6-3-7-5(4-9)2-8-6/h3-4H,1-2H3;2-3,9H,4H2,1H3. The van der Waals surface area contributed by atoms with Gasteiger partial charge in [-0.25, -0.2) is 19.7 Å². The van der Waals surface area contributed by atoms with Gasteiger partial charge >= 0.3 is 5.97 Å². The van der Waals surface area contributed by atoms with Gasteiger partial charge in [0.1, 0.15) is 0 Å². The highest BCUT2D eigenvalue weighted by molar-refractivity contribution is 5.86.